The second-order valence-corrected chi connectivity index (χ2v) is 4.23. The fourth-order valence-electron chi connectivity index (χ4n) is 1.21. The topological polar surface area (TPSA) is 98.3 Å². The second-order valence-electron chi connectivity index (χ2n) is 3.38. The lowest BCUT2D eigenvalue weighted by atomic mass is 10.3. The van der Waals surface area contributed by atoms with Crippen LogP contribution in [0.5, 0.6) is 0 Å². The predicted molar refractivity (Wildman–Crippen MR) is 64.8 cm³/mol. The maximum Gasteiger partial charge on any atom is 0.329 e. The first-order valence-electron chi connectivity index (χ1n) is 5.00. The molecule has 0 saturated carbocycles. The zero-order valence-electron chi connectivity index (χ0n) is 9.34. The molecule has 0 saturated heterocycles. The van der Waals surface area contributed by atoms with Crippen LogP contribution in [0.15, 0.2) is 16.8 Å². The Bertz CT molecular complexity index is 602. The van der Waals surface area contributed by atoms with Gasteiger partial charge in [0.25, 0.3) is 5.89 Å². The monoisotopic (exact) mass is 303 g/mol. The zero-order valence-corrected chi connectivity index (χ0v) is 10.9. The van der Waals surface area contributed by atoms with Crippen molar-refractivity contribution in [1.29, 1.82) is 0 Å². The van der Waals surface area contributed by atoms with Crippen LogP contribution in [-0.4, -0.2) is 32.8 Å². The molecule has 2 aromatic rings. The Kier molecular flexibility index (Phi) is 4.31. The van der Waals surface area contributed by atoms with Crippen LogP contribution < -0.4 is 0 Å². The maximum absolute atomic E-state index is 10.3. The van der Waals surface area contributed by atoms with Gasteiger partial charge >= 0.3 is 5.97 Å². The Balaban J connectivity index is 2.10. The summed E-state index contributed by atoms with van der Waals surface area (Å²) in [6, 6.07) is 1.50. The van der Waals surface area contributed by atoms with Gasteiger partial charge in [0.15, 0.2) is 0 Å². The highest BCUT2D eigenvalue weighted by atomic mass is 35.5. The minimum Gasteiger partial charge on any atom is -0.480 e. The maximum atomic E-state index is 10.3. The fourth-order valence-corrected chi connectivity index (χ4v) is 1.68. The van der Waals surface area contributed by atoms with Gasteiger partial charge in [-0.05, 0) is 6.07 Å². The van der Waals surface area contributed by atoms with E-state index in [1.165, 1.54) is 12.3 Å². The van der Waals surface area contributed by atoms with Gasteiger partial charge in [0.1, 0.15) is 18.9 Å². The van der Waals surface area contributed by atoms with Crippen LogP contribution in [0.25, 0.3) is 11.5 Å². The molecular weight excluding hydrogens is 297 g/mol. The number of hydrogen-bond acceptors (Lipinski definition) is 6. The molecule has 0 unspecified atom stereocenters. The second kappa shape index (κ2) is 5.96. The third-order valence-corrected chi connectivity index (χ3v) is 2.43. The highest BCUT2D eigenvalue weighted by Gasteiger charge is 2.14. The molecule has 2 aromatic heterocycles. The molecule has 0 aliphatic heterocycles. The number of hydrogen-bond donors (Lipinski definition) is 1. The first kappa shape index (κ1) is 13.7. The van der Waals surface area contributed by atoms with Crippen molar-refractivity contribution in [2.45, 2.75) is 6.61 Å². The van der Waals surface area contributed by atoms with Gasteiger partial charge in [0, 0.05) is 6.20 Å². The lowest BCUT2D eigenvalue weighted by Crippen LogP contribution is -2.06. The molecule has 0 atom stereocenters. The van der Waals surface area contributed by atoms with E-state index in [-0.39, 0.29) is 23.3 Å². The highest BCUT2D eigenvalue weighted by molar-refractivity contribution is 6.35. The summed E-state index contributed by atoms with van der Waals surface area (Å²) in [5, 5.41) is 12.8. The van der Waals surface area contributed by atoms with Gasteiger partial charge < -0.3 is 14.4 Å². The van der Waals surface area contributed by atoms with Crippen molar-refractivity contribution in [2.24, 2.45) is 0 Å². The van der Waals surface area contributed by atoms with Crippen LogP contribution in [0.4, 0.5) is 0 Å². The quantitative estimate of drug-likeness (QED) is 0.902. The van der Waals surface area contributed by atoms with Gasteiger partial charge in [0.05, 0.1) is 10.0 Å². The number of carbonyl (C=O) groups is 1. The van der Waals surface area contributed by atoms with Crippen LogP contribution in [0.2, 0.25) is 10.0 Å². The minimum absolute atomic E-state index is 0.107. The number of ether oxygens (including phenoxy) is 1. The van der Waals surface area contributed by atoms with Crippen molar-refractivity contribution < 1.29 is 19.2 Å². The molecular formula is C10H7Cl2N3O4. The van der Waals surface area contributed by atoms with E-state index in [0.717, 1.165) is 0 Å². The zero-order chi connectivity index (χ0) is 13.8. The van der Waals surface area contributed by atoms with E-state index < -0.39 is 12.6 Å². The number of pyridine rings is 1. The molecule has 0 radical (unpaired) electrons. The molecule has 0 amide bonds. The molecule has 19 heavy (non-hydrogen) atoms. The summed E-state index contributed by atoms with van der Waals surface area (Å²) in [4.78, 5) is 18.2. The number of carboxylic acids is 1. The van der Waals surface area contributed by atoms with Gasteiger partial charge in [-0.25, -0.2) is 9.78 Å². The fraction of sp³-hybridized carbons (Fsp3) is 0.200. The summed E-state index contributed by atoms with van der Waals surface area (Å²) >= 11 is 11.7. The summed E-state index contributed by atoms with van der Waals surface area (Å²) < 4.78 is 9.68. The van der Waals surface area contributed by atoms with Crippen LogP contribution in [0.3, 0.4) is 0 Å². The summed E-state index contributed by atoms with van der Waals surface area (Å²) in [7, 11) is 0. The third-order valence-electron chi connectivity index (χ3n) is 1.94. The molecule has 100 valence electrons. The Labute approximate surface area is 117 Å². The van der Waals surface area contributed by atoms with Crippen molar-refractivity contribution in [3.63, 3.8) is 0 Å². The Hall–Kier alpha value is -1.70. The van der Waals surface area contributed by atoms with Crippen LogP contribution in [0.1, 0.15) is 5.89 Å². The number of nitrogens with zero attached hydrogens (tertiary/aromatic N) is 3. The van der Waals surface area contributed by atoms with E-state index in [2.05, 4.69) is 15.1 Å². The molecule has 7 nitrogen and oxygen atoms in total. The van der Waals surface area contributed by atoms with Gasteiger partial charge in [-0.2, -0.15) is 4.98 Å². The molecule has 0 aliphatic carbocycles. The van der Waals surface area contributed by atoms with Crippen molar-refractivity contribution >= 4 is 29.2 Å². The van der Waals surface area contributed by atoms with Crippen LogP contribution >= 0.6 is 23.2 Å². The number of carboxylic acid groups (broad SMARTS) is 1. The molecule has 0 aliphatic rings. The summed E-state index contributed by atoms with van der Waals surface area (Å²) in [6.07, 6.45) is 1.40. The minimum atomic E-state index is -1.08. The average molecular weight is 304 g/mol. The van der Waals surface area contributed by atoms with E-state index in [0.29, 0.717) is 10.7 Å². The molecule has 0 spiro atoms. The van der Waals surface area contributed by atoms with E-state index in [1.807, 2.05) is 0 Å². The number of aliphatic carboxylic acids is 1. The predicted octanol–water partition coefficient (Wildman–Crippen LogP) is 2.04. The van der Waals surface area contributed by atoms with E-state index >= 15 is 0 Å². The number of aromatic nitrogens is 3. The van der Waals surface area contributed by atoms with Crippen LogP contribution in [-0.2, 0) is 16.1 Å². The lowest BCUT2D eigenvalue weighted by Gasteiger charge is -1.97. The van der Waals surface area contributed by atoms with Gasteiger partial charge in [-0.3, -0.25) is 0 Å². The SMILES string of the molecule is O=C(O)COCc1nc(-c2ncc(Cl)cc2Cl)no1. The first-order valence-corrected chi connectivity index (χ1v) is 5.75. The van der Waals surface area contributed by atoms with Gasteiger partial charge in [0.2, 0.25) is 5.82 Å². The molecule has 2 rings (SSSR count). The molecule has 9 heteroatoms. The number of rotatable bonds is 5. The standard InChI is InChI=1S/C10H7Cl2N3O4/c11-5-1-6(12)9(13-2-5)10-14-7(19-15-10)3-18-4-8(16)17/h1-2H,3-4H2,(H,16,17). The van der Waals surface area contributed by atoms with E-state index in [9.17, 15) is 4.79 Å². The smallest absolute Gasteiger partial charge is 0.329 e. The summed E-state index contributed by atoms with van der Waals surface area (Å²) in [5.41, 5.74) is 0.319. The number of halogens is 2. The van der Waals surface area contributed by atoms with Crippen molar-refractivity contribution in [1.82, 2.24) is 15.1 Å². The molecule has 0 fully saturated rings. The summed E-state index contributed by atoms with van der Waals surface area (Å²) in [5.74, 6) is -0.776. The summed E-state index contributed by atoms with van der Waals surface area (Å²) in [6.45, 7) is -0.553. The molecule has 0 bridgehead atoms. The normalized spacial score (nSPS) is 10.6. The van der Waals surface area contributed by atoms with Gasteiger partial charge in [-0.1, -0.05) is 28.4 Å². The first-order chi connectivity index (χ1) is 9.06. The molecule has 1 N–H and O–H groups in total. The average Bonchev–Trinajstić information content (AvgIpc) is 2.77. The molecule has 0 aromatic carbocycles. The van der Waals surface area contributed by atoms with E-state index in [1.54, 1.807) is 0 Å². The van der Waals surface area contributed by atoms with Crippen molar-refractivity contribution in [3.05, 3.63) is 28.2 Å². The van der Waals surface area contributed by atoms with Crippen molar-refractivity contribution in [3.8, 4) is 11.5 Å². The highest BCUT2D eigenvalue weighted by Crippen LogP contribution is 2.25. The Morgan fingerprint density at radius 2 is 2.26 bits per heavy atom. The Morgan fingerprint density at radius 1 is 1.47 bits per heavy atom. The Morgan fingerprint density at radius 3 is 2.95 bits per heavy atom. The largest absolute Gasteiger partial charge is 0.480 e. The third kappa shape index (κ3) is 3.63. The van der Waals surface area contributed by atoms with Crippen molar-refractivity contribution in [2.75, 3.05) is 6.61 Å². The van der Waals surface area contributed by atoms with Gasteiger partial charge in [-0.15, -0.1) is 0 Å². The van der Waals surface area contributed by atoms with Crippen LogP contribution in [0, 0.1) is 0 Å². The van der Waals surface area contributed by atoms with E-state index in [4.69, 9.17) is 37.6 Å². The lowest BCUT2D eigenvalue weighted by molar-refractivity contribution is -0.142. The molecule has 2 heterocycles.